The van der Waals surface area contributed by atoms with Gasteiger partial charge >= 0.3 is 0 Å². The van der Waals surface area contributed by atoms with Gasteiger partial charge in [0.15, 0.2) is 6.23 Å². The van der Waals surface area contributed by atoms with E-state index in [1.54, 1.807) is 11.8 Å². The molecule has 42 heavy (non-hydrogen) atoms. The molecule has 5 aliphatic rings. The summed E-state index contributed by atoms with van der Waals surface area (Å²) in [6, 6.07) is 15.7. The van der Waals surface area contributed by atoms with Gasteiger partial charge in [0, 0.05) is 48.6 Å². The predicted molar refractivity (Wildman–Crippen MR) is 156 cm³/mol. The van der Waals surface area contributed by atoms with E-state index in [1.165, 1.54) is 16.5 Å². The molecule has 7 atom stereocenters. The Morgan fingerprint density at radius 1 is 1.12 bits per heavy atom. The van der Waals surface area contributed by atoms with Gasteiger partial charge in [0.2, 0.25) is 17.5 Å². The molecule has 3 aromatic rings. The number of ether oxygens (including phenoxy) is 1. The molecular formula is C33H37N5O4. The van der Waals surface area contributed by atoms with Gasteiger partial charge in [0.05, 0.1) is 12.0 Å². The number of benzene rings is 2. The number of nitrogens with one attached hydrogen (secondary N) is 2. The van der Waals surface area contributed by atoms with E-state index >= 15 is 0 Å². The Hall–Kier alpha value is -3.69. The fourth-order valence-electron chi connectivity index (χ4n) is 8.54. The first kappa shape index (κ1) is 26.0. The number of H-pyrrole nitrogens is 1. The highest BCUT2D eigenvalue weighted by molar-refractivity contribution is 5.97. The van der Waals surface area contributed by atoms with Gasteiger partial charge in [0.25, 0.3) is 5.91 Å². The molecule has 2 aromatic carbocycles. The Morgan fingerprint density at radius 2 is 1.95 bits per heavy atom. The summed E-state index contributed by atoms with van der Waals surface area (Å²) in [5, 5.41) is 4.34. The van der Waals surface area contributed by atoms with E-state index in [1.807, 2.05) is 35.2 Å². The first-order valence-electron chi connectivity index (χ1n) is 15.3. The molecule has 4 aliphatic heterocycles. The predicted octanol–water partition coefficient (Wildman–Crippen LogP) is 2.76. The number of aromatic amines is 1. The summed E-state index contributed by atoms with van der Waals surface area (Å²) < 4.78 is 6.51. The molecule has 8 rings (SSSR count). The van der Waals surface area contributed by atoms with Gasteiger partial charge in [-0.1, -0.05) is 42.5 Å². The van der Waals surface area contributed by atoms with Crippen molar-refractivity contribution in [2.45, 2.75) is 75.0 Å². The minimum Gasteiger partial charge on any atom is -0.361 e. The second-order valence-electron chi connectivity index (χ2n) is 13.0. The van der Waals surface area contributed by atoms with Crippen molar-refractivity contribution in [3.8, 4) is 0 Å². The highest BCUT2D eigenvalue weighted by Crippen LogP contribution is 2.45. The van der Waals surface area contributed by atoms with Crippen LogP contribution in [0, 0.1) is 5.92 Å². The SMILES string of the molecule is CN1C[C@H](C(=O)N[C@]2(C)OC3[C@@H]4CCCN4C(=O)[C@H](Cc4ccccc4)N3C2=O)CC2c3cccc4[nH]cc(c34)C[C@H]21. The molecule has 5 heterocycles. The van der Waals surface area contributed by atoms with Crippen molar-refractivity contribution in [2.75, 3.05) is 20.1 Å². The molecule has 9 nitrogen and oxygen atoms in total. The second-order valence-corrected chi connectivity index (χ2v) is 13.0. The standard InChI is InChI=1S/C33H37N5O4/c1-33(32(41)38-27(14-19-8-4-3-5-9-19)30(40)37-13-7-12-25(37)31(38)42-33)35-29(39)21-15-23-22-10-6-11-24-28(22)20(17-34-24)16-26(23)36(2)18-21/h3-6,8-11,17,21,23,25-27,31,34H,7,12-16,18H2,1-2H3,(H,35,39)/t21-,23?,25+,26-,27+,31?,33-/m1/s1. The molecule has 0 radical (unpaired) electrons. The van der Waals surface area contributed by atoms with Gasteiger partial charge in [0.1, 0.15) is 6.04 Å². The molecule has 2 unspecified atom stereocenters. The molecular weight excluding hydrogens is 530 g/mol. The van der Waals surface area contributed by atoms with E-state index in [9.17, 15) is 14.4 Å². The van der Waals surface area contributed by atoms with Crippen LogP contribution < -0.4 is 5.32 Å². The zero-order valence-corrected chi connectivity index (χ0v) is 24.1. The first-order valence-corrected chi connectivity index (χ1v) is 15.3. The average molecular weight is 568 g/mol. The van der Waals surface area contributed by atoms with Crippen molar-refractivity contribution in [1.29, 1.82) is 0 Å². The Bertz CT molecular complexity index is 1590. The molecule has 2 N–H and O–H groups in total. The largest absolute Gasteiger partial charge is 0.361 e. The Morgan fingerprint density at radius 3 is 2.79 bits per heavy atom. The third-order valence-corrected chi connectivity index (χ3v) is 10.5. The molecule has 3 amide bonds. The van der Waals surface area contributed by atoms with Gasteiger partial charge in [-0.3, -0.25) is 19.3 Å². The molecule has 218 valence electrons. The van der Waals surface area contributed by atoms with Crippen molar-refractivity contribution in [1.82, 2.24) is 25.0 Å². The molecule has 1 aliphatic carbocycles. The summed E-state index contributed by atoms with van der Waals surface area (Å²) in [5.41, 5.74) is 3.25. The number of amides is 3. The van der Waals surface area contributed by atoms with Crippen LogP contribution in [0.25, 0.3) is 10.9 Å². The third kappa shape index (κ3) is 3.79. The van der Waals surface area contributed by atoms with E-state index in [-0.39, 0.29) is 35.6 Å². The maximum Gasteiger partial charge on any atom is 0.278 e. The summed E-state index contributed by atoms with van der Waals surface area (Å²) in [5.74, 6) is -0.589. The van der Waals surface area contributed by atoms with Gasteiger partial charge < -0.3 is 24.8 Å². The lowest BCUT2D eigenvalue weighted by atomic mass is 9.72. The zero-order chi connectivity index (χ0) is 28.7. The highest BCUT2D eigenvalue weighted by atomic mass is 16.6. The number of fused-ring (bicyclic) bond motifs is 5. The van der Waals surface area contributed by atoms with Crippen LogP contribution in [0.4, 0.5) is 0 Å². The number of likely N-dealkylation sites (tertiary alicyclic amines) is 1. The van der Waals surface area contributed by atoms with Crippen LogP contribution in [0.1, 0.15) is 48.8 Å². The number of piperidine rings is 1. The van der Waals surface area contributed by atoms with E-state index in [0.717, 1.165) is 30.3 Å². The fourth-order valence-corrected chi connectivity index (χ4v) is 8.54. The van der Waals surface area contributed by atoms with Crippen molar-refractivity contribution in [2.24, 2.45) is 5.92 Å². The van der Waals surface area contributed by atoms with Crippen LogP contribution in [0.3, 0.4) is 0 Å². The zero-order valence-electron chi connectivity index (χ0n) is 24.1. The van der Waals surface area contributed by atoms with Gasteiger partial charge in [-0.2, -0.15) is 0 Å². The summed E-state index contributed by atoms with van der Waals surface area (Å²) in [6.45, 7) is 2.95. The minimum absolute atomic E-state index is 0.0272. The fraction of sp³-hybridized carbons (Fsp3) is 0.485. The highest BCUT2D eigenvalue weighted by Gasteiger charge is 2.61. The van der Waals surface area contributed by atoms with Crippen molar-refractivity contribution < 1.29 is 19.1 Å². The lowest BCUT2D eigenvalue weighted by molar-refractivity contribution is -0.166. The van der Waals surface area contributed by atoms with Crippen LogP contribution in [0.2, 0.25) is 0 Å². The average Bonchev–Trinajstić information content (AvgIpc) is 3.70. The smallest absolute Gasteiger partial charge is 0.278 e. The minimum atomic E-state index is -1.52. The molecule has 9 heteroatoms. The molecule has 1 aromatic heterocycles. The van der Waals surface area contributed by atoms with E-state index in [4.69, 9.17) is 4.74 Å². The first-order chi connectivity index (χ1) is 20.3. The number of hydrogen-bond donors (Lipinski definition) is 2. The second kappa shape index (κ2) is 9.41. The van der Waals surface area contributed by atoms with Crippen LogP contribution >= 0.6 is 0 Å². The van der Waals surface area contributed by atoms with Gasteiger partial charge in [-0.05, 0) is 62.4 Å². The summed E-state index contributed by atoms with van der Waals surface area (Å²) in [7, 11) is 2.10. The number of aromatic nitrogens is 1. The van der Waals surface area contributed by atoms with E-state index in [0.29, 0.717) is 32.0 Å². The topological polar surface area (TPSA) is 98.0 Å². The number of nitrogens with zero attached hydrogens (tertiary/aromatic N) is 3. The summed E-state index contributed by atoms with van der Waals surface area (Å²) >= 11 is 0. The maximum atomic E-state index is 14.1. The maximum absolute atomic E-state index is 14.1. The number of rotatable bonds is 4. The van der Waals surface area contributed by atoms with Crippen molar-refractivity contribution in [3.05, 3.63) is 71.4 Å². The molecule has 0 saturated carbocycles. The molecule has 0 bridgehead atoms. The van der Waals surface area contributed by atoms with E-state index in [2.05, 4.69) is 46.6 Å². The quantitative estimate of drug-likeness (QED) is 0.506. The van der Waals surface area contributed by atoms with Crippen LogP contribution in [0.5, 0.6) is 0 Å². The lowest BCUT2D eigenvalue weighted by Crippen LogP contribution is -2.65. The van der Waals surface area contributed by atoms with Crippen LogP contribution in [-0.4, -0.2) is 87.6 Å². The monoisotopic (exact) mass is 567 g/mol. The number of hydrogen-bond acceptors (Lipinski definition) is 5. The third-order valence-electron chi connectivity index (χ3n) is 10.5. The van der Waals surface area contributed by atoms with Crippen molar-refractivity contribution in [3.63, 3.8) is 0 Å². The Labute approximate surface area is 245 Å². The van der Waals surface area contributed by atoms with Gasteiger partial charge in [-0.25, -0.2) is 0 Å². The summed E-state index contributed by atoms with van der Waals surface area (Å²) in [4.78, 5) is 51.0. The Balaban J connectivity index is 1.06. The van der Waals surface area contributed by atoms with Crippen LogP contribution in [-0.2, 0) is 32.0 Å². The number of likely N-dealkylation sites (N-methyl/N-ethyl adjacent to an activating group) is 1. The summed E-state index contributed by atoms with van der Waals surface area (Å²) in [6.07, 6.45) is 5.30. The lowest BCUT2D eigenvalue weighted by Gasteiger charge is -2.45. The molecule has 4 fully saturated rings. The Kier molecular flexibility index (Phi) is 5.82. The van der Waals surface area contributed by atoms with Gasteiger partial charge in [-0.15, -0.1) is 0 Å². The van der Waals surface area contributed by atoms with E-state index < -0.39 is 18.0 Å². The number of piperazine rings is 1. The molecule has 4 saturated heterocycles. The van der Waals surface area contributed by atoms with Crippen molar-refractivity contribution >= 4 is 28.6 Å². The molecule has 0 spiro atoms. The number of carbonyl (C=O) groups is 3. The number of carbonyl (C=O) groups excluding carboxylic acids is 3. The normalized spacial score (nSPS) is 34.0. The van der Waals surface area contributed by atoms with Crippen LogP contribution in [0.15, 0.2) is 54.7 Å².